The molecule has 0 unspecified atom stereocenters. The zero-order valence-corrected chi connectivity index (χ0v) is 14.0. The number of hydrogen-bond donors (Lipinski definition) is 1. The summed E-state index contributed by atoms with van der Waals surface area (Å²) < 4.78 is 51.6. The fourth-order valence-electron chi connectivity index (χ4n) is 1.86. The molecule has 0 saturated heterocycles. The van der Waals surface area contributed by atoms with Gasteiger partial charge < -0.3 is 0 Å². The van der Waals surface area contributed by atoms with E-state index in [9.17, 15) is 22.0 Å². The molecule has 0 atom stereocenters. The van der Waals surface area contributed by atoms with Crippen LogP contribution < -0.4 is 5.43 Å². The summed E-state index contributed by atoms with van der Waals surface area (Å²) in [4.78, 5) is 11.6. The van der Waals surface area contributed by atoms with Gasteiger partial charge in [-0.1, -0.05) is 18.2 Å². The van der Waals surface area contributed by atoms with E-state index in [1.165, 1.54) is 25.2 Å². The summed E-state index contributed by atoms with van der Waals surface area (Å²) in [7, 11) is -2.73. The van der Waals surface area contributed by atoms with Crippen LogP contribution in [-0.2, 0) is 14.8 Å². The molecule has 0 aromatic heterocycles. The number of likely N-dealkylation sites (N-methyl/N-ethyl adjacent to an activating group) is 1. The van der Waals surface area contributed by atoms with Gasteiger partial charge in [0.15, 0.2) is 0 Å². The van der Waals surface area contributed by atoms with E-state index < -0.39 is 34.1 Å². The van der Waals surface area contributed by atoms with Gasteiger partial charge >= 0.3 is 0 Å². The monoisotopic (exact) mass is 367 g/mol. The van der Waals surface area contributed by atoms with Crippen molar-refractivity contribution < 1.29 is 22.0 Å². The first-order valence-electron chi connectivity index (χ1n) is 7.09. The minimum atomic E-state index is -3.94. The Bertz CT molecular complexity index is 884. The minimum Gasteiger partial charge on any atom is -0.272 e. The average molecular weight is 367 g/mol. The van der Waals surface area contributed by atoms with E-state index in [1.54, 1.807) is 6.07 Å². The molecule has 2 aromatic rings. The molecule has 9 heteroatoms. The maximum absolute atomic E-state index is 13.4. The molecule has 1 amide bonds. The lowest BCUT2D eigenvalue weighted by atomic mass is 10.2. The van der Waals surface area contributed by atoms with Crippen LogP contribution in [0.15, 0.2) is 58.5 Å². The number of nitrogens with zero attached hydrogens (tertiary/aromatic N) is 2. The number of carbonyl (C=O) groups excluding carboxylic acids is 1. The van der Waals surface area contributed by atoms with E-state index in [0.717, 1.165) is 34.8 Å². The Morgan fingerprint density at radius 1 is 1.16 bits per heavy atom. The second-order valence-corrected chi connectivity index (χ2v) is 7.07. The van der Waals surface area contributed by atoms with E-state index in [-0.39, 0.29) is 10.5 Å². The number of halogens is 2. The molecule has 2 rings (SSSR count). The van der Waals surface area contributed by atoms with Crippen molar-refractivity contribution in [3.05, 3.63) is 65.7 Å². The molecule has 0 heterocycles. The first kappa shape index (κ1) is 18.7. The fraction of sp³-hybridized carbons (Fsp3) is 0.125. The number of hydrazone groups is 1. The van der Waals surface area contributed by atoms with Gasteiger partial charge in [-0.2, -0.15) is 9.41 Å². The summed E-state index contributed by atoms with van der Waals surface area (Å²) in [5.74, 6) is -1.78. The Labute approximate surface area is 143 Å². The molecule has 0 aliphatic rings. The van der Waals surface area contributed by atoms with E-state index in [2.05, 4.69) is 10.5 Å². The van der Waals surface area contributed by atoms with Crippen molar-refractivity contribution >= 4 is 22.1 Å². The Kier molecular flexibility index (Phi) is 5.94. The van der Waals surface area contributed by atoms with Crippen LogP contribution in [0.2, 0.25) is 0 Å². The van der Waals surface area contributed by atoms with Crippen molar-refractivity contribution in [1.29, 1.82) is 0 Å². The first-order chi connectivity index (χ1) is 11.8. The molecule has 2 aromatic carbocycles. The predicted octanol–water partition coefficient (Wildman–Crippen LogP) is 1.74. The number of carbonyl (C=O) groups is 1. The van der Waals surface area contributed by atoms with Gasteiger partial charge in [-0.15, -0.1) is 0 Å². The van der Waals surface area contributed by atoms with Crippen LogP contribution in [0.25, 0.3) is 0 Å². The summed E-state index contributed by atoms with van der Waals surface area (Å²) in [5, 5.41) is 3.59. The molecule has 0 saturated carbocycles. The number of nitrogens with one attached hydrogen (secondary N) is 1. The smallest absolute Gasteiger partial charge is 0.255 e. The molecule has 0 spiro atoms. The molecule has 25 heavy (non-hydrogen) atoms. The van der Waals surface area contributed by atoms with Crippen molar-refractivity contribution in [2.45, 2.75) is 4.90 Å². The summed E-state index contributed by atoms with van der Waals surface area (Å²) >= 11 is 0. The van der Waals surface area contributed by atoms with Gasteiger partial charge in [0.25, 0.3) is 5.91 Å². The van der Waals surface area contributed by atoms with Gasteiger partial charge in [0.2, 0.25) is 10.0 Å². The van der Waals surface area contributed by atoms with Gasteiger partial charge in [0.1, 0.15) is 11.6 Å². The Morgan fingerprint density at radius 3 is 2.44 bits per heavy atom. The molecule has 1 N–H and O–H groups in total. The van der Waals surface area contributed by atoms with Crippen LogP contribution >= 0.6 is 0 Å². The Hall–Kier alpha value is -2.65. The number of rotatable bonds is 6. The third kappa shape index (κ3) is 4.91. The van der Waals surface area contributed by atoms with Crippen LogP contribution in [-0.4, -0.2) is 38.4 Å². The molecule has 6 nitrogen and oxygen atoms in total. The van der Waals surface area contributed by atoms with Gasteiger partial charge in [0, 0.05) is 12.6 Å². The quantitative estimate of drug-likeness (QED) is 0.624. The van der Waals surface area contributed by atoms with Gasteiger partial charge in [-0.3, -0.25) is 4.79 Å². The van der Waals surface area contributed by atoms with E-state index >= 15 is 0 Å². The van der Waals surface area contributed by atoms with Crippen molar-refractivity contribution in [1.82, 2.24) is 9.73 Å². The van der Waals surface area contributed by atoms with Crippen LogP contribution in [0.5, 0.6) is 0 Å². The summed E-state index contributed by atoms with van der Waals surface area (Å²) in [6, 6.07) is 10.1. The van der Waals surface area contributed by atoms with Crippen molar-refractivity contribution in [2.24, 2.45) is 5.10 Å². The molecule has 0 radical (unpaired) electrons. The fourth-order valence-corrected chi connectivity index (χ4v) is 2.99. The van der Waals surface area contributed by atoms with Crippen LogP contribution in [0, 0.1) is 11.6 Å². The van der Waals surface area contributed by atoms with Gasteiger partial charge in [-0.05, 0) is 30.3 Å². The third-order valence-corrected chi connectivity index (χ3v) is 5.00. The molecule has 0 aliphatic carbocycles. The van der Waals surface area contributed by atoms with Crippen LogP contribution in [0.1, 0.15) is 5.56 Å². The van der Waals surface area contributed by atoms with Crippen molar-refractivity contribution in [3.63, 3.8) is 0 Å². The summed E-state index contributed by atoms with van der Waals surface area (Å²) in [6.45, 7) is -0.506. The number of amides is 1. The number of hydrogen-bond acceptors (Lipinski definition) is 4. The molecule has 0 bridgehead atoms. The highest BCUT2D eigenvalue weighted by molar-refractivity contribution is 7.89. The SMILES string of the molecule is CN(CC(=O)N/N=C\c1ccccc1F)S(=O)(=O)c1ccc(F)cc1. The lowest BCUT2D eigenvalue weighted by Crippen LogP contribution is -2.36. The van der Waals surface area contributed by atoms with E-state index in [0.29, 0.717) is 0 Å². The zero-order chi connectivity index (χ0) is 18.4. The molecule has 0 aliphatic heterocycles. The zero-order valence-electron chi connectivity index (χ0n) is 13.2. The molecular weight excluding hydrogens is 352 g/mol. The molecular formula is C16H15F2N3O3S. The van der Waals surface area contributed by atoms with Crippen molar-refractivity contribution in [3.8, 4) is 0 Å². The average Bonchev–Trinajstić information content (AvgIpc) is 2.57. The number of benzene rings is 2. The second kappa shape index (κ2) is 7.95. The van der Waals surface area contributed by atoms with Gasteiger partial charge in [0.05, 0.1) is 17.7 Å². The van der Waals surface area contributed by atoms with Gasteiger partial charge in [-0.25, -0.2) is 22.6 Å². The lowest BCUT2D eigenvalue weighted by molar-refractivity contribution is -0.121. The lowest BCUT2D eigenvalue weighted by Gasteiger charge is -2.16. The van der Waals surface area contributed by atoms with E-state index in [1.807, 2.05) is 0 Å². The number of sulfonamides is 1. The highest BCUT2D eigenvalue weighted by atomic mass is 32.2. The summed E-state index contributed by atoms with van der Waals surface area (Å²) in [6.07, 6.45) is 1.11. The van der Waals surface area contributed by atoms with Crippen LogP contribution in [0.4, 0.5) is 8.78 Å². The normalized spacial score (nSPS) is 11.8. The van der Waals surface area contributed by atoms with Crippen molar-refractivity contribution in [2.75, 3.05) is 13.6 Å². The second-order valence-electron chi connectivity index (χ2n) is 5.03. The predicted molar refractivity (Wildman–Crippen MR) is 88.4 cm³/mol. The van der Waals surface area contributed by atoms with E-state index in [4.69, 9.17) is 0 Å². The summed E-state index contributed by atoms with van der Waals surface area (Å²) in [5.41, 5.74) is 2.30. The largest absolute Gasteiger partial charge is 0.272 e. The maximum Gasteiger partial charge on any atom is 0.255 e. The Balaban J connectivity index is 1.97. The first-order valence-corrected chi connectivity index (χ1v) is 8.53. The molecule has 132 valence electrons. The van der Waals surface area contributed by atoms with Crippen LogP contribution in [0.3, 0.4) is 0 Å². The standard InChI is InChI=1S/C16H15F2N3O3S/c1-21(25(23,24)14-8-6-13(17)7-9-14)11-16(22)20-19-10-12-4-2-3-5-15(12)18/h2-10H,11H2,1H3,(H,20,22)/b19-10-. The minimum absolute atomic E-state index is 0.140. The highest BCUT2D eigenvalue weighted by Gasteiger charge is 2.22. The maximum atomic E-state index is 13.4. The Morgan fingerprint density at radius 2 is 1.80 bits per heavy atom. The molecule has 0 fully saturated rings. The topological polar surface area (TPSA) is 78.8 Å². The highest BCUT2D eigenvalue weighted by Crippen LogP contribution is 2.14. The third-order valence-electron chi connectivity index (χ3n) is 3.19.